The van der Waals surface area contributed by atoms with E-state index in [2.05, 4.69) is 52.0 Å². The van der Waals surface area contributed by atoms with Crippen LogP contribution < -0.4 is 0 Å². The molecule has 2 aromatic heterocycles. The van der Waals surface area contributed by atoms with Gasteiger partial charge in [-0.15, -0.1) is 10.2 Å². The number of non-ortho nitro benzene ring substituents is 1. The lowest BCUT2D eigenvalue weighted by Gasteiger charge is -2.40. The molecule has 11 nitrogen and oxygen atoms in total. The van der Waals surface area contributed by atoms with Crippen LogP contribution in [-0.2, 0) is 11.3 Å². The van der Waals surface area contributed by atoms with Crippen LogP contribution in [0.1, 0.15) is 41.3 Å². The molecule has 1 fully saturated rings. The number of hydrogen-bond acceptors (Lipinski definition) is 8. The molecule has 5 aromatic rings. The summed E-state index contributed by atoms with van der Waals surface area (Å²) in [5, 5.41) is 21.7. The molecule has 0 spiro atoms. The number of aryl methyl sites for hydroxylation is 1. The van der Waals surface area contributed by atoms with Crippen molar-refractivity contribution in [2.45, 2.75) is 44.4 Å². The number of fused-ring (bicyclic) bond motifs is 3. The monoisotopic (exact) mass is 623 g/mol. The number of thioether (sulfide) groups is 1. The number of aromatic nitrogens is 4. The number of carbonyl (C=O) groups is 2. The maximum Gasteiger partial charge on any atom is 0.270 e. The zero-order valence-electron chi connectivity index (χ0n) is 25.1. The first-order chi connectivity index (χ1) is 21.8. The van der Waals surface area contributed by atoms with Crippen LogP contribution in [0.2, 0.25) is 0 Å². The molecule has 0 bridgehead atoms. The second-order valence-electron chi connectivity index (χ2n) is 11.3. The van der Waals surface area contributed by atoms with Crippen molar-refractivity contribution >= 4 is 51.3 Å². The van der Waals surface area contributed by atoms with Gasteiger partial charge in [0.2, 0.25) is 11.1 Å². The van der Waals surface area contributed by atoms with Crippen LogP contribution >= 0.6 is 11.8 Å². The second kappa shape index (κ2) is 13.0. The average molecular weight is 624 g/mol. The van der Waals surface area contributed by atoms with Crippen molar-refractivity contribution in [3.8, 4) is 0 Å². The van der Waals surface area contributed by atoms with Gasteiger partial charge in [-0.25, -0.2) is 4.98 Å². The minimum absolute atomic E-state index is 0.0396. The average Bonchev–Trinajstić information content (AvgIpc) is 3.34. The predicted octanol–water partition coefficient (Wildman–Crippen LogP) is 5.49. The third kappa shape index (κ3) is 6.51. The summed E-state index contributed by atoms with van der Waals surface area (Å²) in [5.74, 6) is 0.438. The molecule has 1 atom stereocenters. The molecule has 3 aromatic carbocycles. The molecule has 0 radical (unpaired) electrons. The number of piperazine rings is 1. The van der Waals surface area contributed by atoms with Gasteiger partial charge in [-0.3, -0.25) is 19.7 Å². The van der Waals surface area contributed by atoms with Gasteiger partial charge in [-0.2, -0.15) is 0 Å². The minimum Gasteiger partial charge on any atom is -0.339 e. The van der Waals surface area contributed by atoms with Crippen molar-refractivity contribution < 1.29 is 14.5 Å². The van der Waals surface area contributed by atoms with Gasteiger partial charge < -0.3 is 14.4 Å². The number of benzene rings is 3. The zero-order valence-corrected chi connectivity index (χ0v) is 25.9. The van der Waals surface area contributed by atoms with Crippen molar-refractivity contribution in [3.05, 3.63) is 99.6 Å². The van der Waals surface area contributed by atoms with Crippen LogP contribution in [0.5, 0.6) is 0 Å². The Morgan fingerprint density at radius 3 is 2.62 bits per heavy atom. The molecule has 1 aliphatic rings. The van der Waals surface area contributed by atoms with Crippen LogP contribution in [-0.4, -0.2) is 77.7 Å². The molecule has 0 N–H and O–H groups in total. The molecule has 6 rings (SSSR count). The molecule has 2 amide bonds. The highest BCUT2D eigenvalue weighted by Crippen LogP contribution is 2.29. The topological polar surface area (TPSA) is 127 Å². The van der Waals surface area contributed by atoms with Gasteiger partial charge in [-0.05, 0) is 44.0 Å². The highest BCUT2D eigenvalue weighted by molar-refractivity contribution is 7.99. The van der Waals surface area contributed by atoms with Crippen LogP contribution in [0.15, 0.2) is 78.0 Å². The second-order valence-corrected chi connectivity index (χ2v) is 12.4. The maximum absolute atomic E-state index is 13.0. The van der Waals surface area contributed by atoms with Crippen LogP contribution in [0.3, 0.4) is 0 Å². The summed E-state index contributed by atoms with van der Waals surface area (Å²) >= 11 is 1.49. The van der Waals surface area contributed by atoms with E-state index in [4.69, 9.17) is 4.98 Å². The normalized spacial score (nSPS) is 15.1. The highest BCUT2D eigenvalue weighted by atomic mass is 32.2. The number of hydrogen-bond donors (Lipinski definition) is 0. The Kier molecular flexibility index (Phi) is 8.74. The highest BCUT2D eigenvalue weighted by Gasteiger charge is 2.30. The summed E-state index contributed by atoms with van der Waals surface area (Å²) < 4.78 is 2.19. The lowest BCUT2D eigenvalue weighted by Crippen LogP contribution is -2.55. The molecule has 45 heavy (non-hydrogen) atoms. The Hall–Kier alpha value is -4.84. The van der Waals surface area contributed by atoms with Crippen LogP contribution in [0.25, 0.3) is 22.1 Å². The first kappa shape index (κ1) is 30.2. The number of nitro benzene ring substituents is 1. The lowest BCUT2D eigenvalue weighted by atomic mass is 10.1. The summed E-state index contributed by atoms with van der Waals surface area (Å²) in [6.45, 7) is 5.84. The lowest BCUT2D eigenvalue weighted by molar-refractivity contribution is -0.384. The Morgan fingerprint density at radius 1 is 1.02 bits per heavy atom. The number of carbonyl (C=O) groups excluding carboxylic acids is 2. The van der Waals surface area contributed by atoms with Crippen molar-refractivity contribution in [2.75, 3.05) is 25.4 Å². The van der Waals surface area contributed by atoms with Gasteiger partial charge in [-0.1, -0.05) is 59.8 Å². The molecule has 1 unspecified atom stereocenters. The van der Waals surface area contributed by atoms with E-state index < -0.39 is 4.92 Å². The number of amides is 2. The molecule has 230 valence electrons. The van der Waals surface area contributed by atoms with E-state index in [0.29, 0.717) is 49.9 Å². The SMILES string of the molecule is Cc1ccc2c(c1)c1nnc(SCCCC(=O)N3CCN(C(=O)c4cccc([N+](=O)[O-])c4)C(C)C3)nc1n2Cc1ccccc1. The van der Waals surface area contributed by atoms with E-state index in [1.54, 1.807) is 15.9 Å². The quantitative estimate of drug-likeness (QED) is 0.0913. The summed E-state index contributed by atoms with van der Waals surface area (Å²) in [7, 11) is 0. The Bertz CT molecular complexity index is 1890. The first-order valence-electron chi connectivity index (χ1n) is 14.9. The molecule has 3 heterocycles. The molecular formula is C33H33N7O4S. The smallest absolute Gasteiger partial charge is 0.270 e. The van der Waals surface area contributed by atoms with E-state index in [0.717, 1.165) is 27.6 Å². The largest absolute Gasteiger partial charge is 0.339 e. The third-order valence-electron chi connectivity index (χ3n) is 8.10. The van der Waals surface area contributed by atoms with Gasteiger partial charge in [0.25, 0.3) is 11.6 Å². The fourth-order valence-electron chi connectivity index (χ4n) is 5.79. The molecule has 0 saturated carbocycles. The van der Waals surface area contributed by atoms with E-state index in [1.165, 1.54) is 35.5 Å². The van der Waals surface area contributed by atoms with Gasteiger partial charge in [0, 0.05) is 67.5 Å². The predicted molar refractivity (Wildman–Crippen MR) is 173 cm³/mol. The molecule has 0 aliphatic carbocycles. The Labute approximate surface area is 264 Å². The Morgan fingerprint density at radius 2 is 1.84 bits per heavy atom. The van der Waals surface area contributed by atoms with Gasteiger partial charge >= 0.3 is 0 Å². The van der Waals surface area contributed by atoms with Gasteiger partial charge in [0.1, 0.15) is 5.52 Å². The Balaban J connectivity index is 1.06. The molecular weight excluding hydrogens is 590 g/mol. The summed E-state index contributed by atoms with van der Waals surface area (Å²) in [6, 6.07) is 22.1. The minimum atomic E-state index is -0.511. The van der Waals surface area contributed by atoms with Gasteiger partial charge in [0.15, 0.2) is 5.65 Å². The van der Waals surface area contributed by atoms with Crippen LogP contribution in [0, 0.1) is 17.0 Å². The van der Waals surface area contributed by atoms with Crippen molar-refractivity contribution in [2.24, 2.45) is 0 Å². The van der Waals surface area contributed by atoms with E-state index in [-0.39, 0.29) is 29.1 Å². The standard InChI is InChI=1S/C33H33N7O4S/c1-22-13-14-28-27(18-22)30-31(39(28)21-24-8-4-3-5-9-24)34-33(36-35-30)45-17-7-12-29(41)37-15-16-38(23(2)20-37)32(42)25-10-6-11-26(19-25)40(43)44/h3-6,8-11,13-14,18-19,23H,7,12,15-17,20-21H2,1-2H3. The number of nitro groups is 1. The van der Waals surface area contributed by atoms with Gasteiger partial charge in [0.05, 0.1) is 10.4 Å². The molecule has 12 heteroatoms. The van der Waals surface area contributed by atoms with E-state index in [9.17, 15) is 19.7 Å². The molecule has 1 aliphatic heterocycles. The third-order valence-corrected chi connectivity index (χ3v) is 9.02. The van der Waals surface area contributed by atoms with Crippen molar-refractivity contribution in [1.29, 1.82) is 0 Å². The molecule has 1 saturated heterocycles. The van der Waals surface area contributed by atoms with E-state index >= 15 is 0 Å². The summed E-state index contributed by atoms with van der Waals surface area (Å²) in [6.07, 6.45) is 1.03. The van der Waals surface area contributed by atoms with Crippen LogP contribution in [0.4, 0.5) is 5.69 Å². The fourth-order valence-corrected chi connectivity index (χ4v) is 6.51. The number of nitrogens with zero attached hydrogens (tertiary/aromatic N) is 7. The zero-order chi connectivity index (χ0) is 31.5. The van der Waals surface area contributed by atoms with E-state index in [1.807, 2.05) is 25.1 Å². The van der Waals surface area contributed by atoms with Crippen molar-refractivity contribution in [3.63, 3.8) is 0 Å². The summed E-state index contributed by atoms with van der Waals surface area (Å²) in [4.78, 5) is 45.1. The van der Waals surface area contributed by atoms with Crippen molar-refractivity contribution in [1.82, 2.24) is 29.5 Å². The maximum atomic E-state index is 13.0. The number of rotatable bonds is 9. The summed E-state index contributed by atoms with van der Waals surface area (Å²) in [5.41, 5.74) is 5.11. The first-order valence-corrected chi connectivity index (χ1v) is 15.9. The fraction of sp³-hybridized carbons (Fsp3) is 0.303.